The van der Waals surface area contributed by atoms with Crippen molar-refractivity contribution in [3.63, 3.8) is 0 Å². The van der Waals surface area contributed by atoms with Gasteiger partial charge in [0.25, 0.3) is 0 Å². The maximum atomic E-state index is 6.02. The Morgan fingerprint density at radius 2 is 2.31 bits per heavy atom. The van der Waals surface area contributed by atoms with Crippen LogP contribution in [-0.4, -0.2) is 26.9 Å². The van der Waals surface area contributed by atoms with E-state index in [1.807, 2.05) is 11.6 Å². The van der Waals surface area contributed by atoms with Gasteiger partial charge in [0.1, 0.15) is 12.9 Å². The molecule has 0 bridgehead atoms. The molecule has 1 fully saturated rings. The number of hydrogen-bond donors (Lipinski definition) is 1. The SMILES string of the molecule is CCn1ncnc1COC1CCCCC1N. The van der Waals surface area contributed by atoms with Gasteiger partial charge in [0.2, 0.25) is 0 Å². The van der Waals surface area contributed by atoms with E-state index in [9.17, 15) is 0 Å². The Kier molecular flexibility index (Phi) is 3.90. The summed E-state index contributed by atoms with van der Waals surface area (Å²) in [6.07, 6.45) is 6.36. The molecule has 90 valence electrons. The molecule has 16 heavy (non-hydrogen) atoms. The molecule has 2 rings (SSSR count). The molecule has 1 heterocycles. The molecular formula is C11H20N4O. The standard InChI is InChI=1S/C11H20N4O/c1-2-15-11(13-8-14-15)7-16-10-6-4-3-5-9(10)12/h8-10H,2-7,12H2,1H3. The first-order chi connectivity index (χ1) is 7.81. The van der Waals surface area contributed by atoms with Crippen molar-refractivity contribution < 1.29 is 4.74 Å². The monoisotopic (exact) mass is 224 g/mol. The topological polar surface area (TPSA) is 66.0 Å². The molecule has 2 atom stereocenters. The van der Waals surface area contributed by atoms with Crippen molar-refractivity contribution in [2.75, 3.05) is 0 Å². The van der Waals surface area contributed by atoms with Crippen LogP contribution in [0.3, 0.4) is 0 Å². The van der Waals surface area contributed by atoms with E-state index in [0.29, 0.717) is 6.61 Å². The van der Waals surface area contributed by atoms with E-state index in [4.69, 9.17) is 10.5 Å². The number of nitrogens with two attached hydrogens (primary N) is 1. The van der Waals surface area contributed by atoms with Crippen LogP contribution in [0.5, 0.6) is 0 Å². The Bertz CT molecular complexity index is 326. The molecule has 2 unspecified atom stereocenters. The number of ether oxygens (including phenoxy) is 1. The first-order valence-electron chi connectivity index (χ1n) is 6.05. The van der Waals surface area contributed by atoms with Gasteiger partial charge in [-0.15, -0.1) is 0 Å². The zero-order valence-electron chi connectivity index (χ0n) is 9.80. The number of aromatic nitrogens is 3. The first-order valence-corrected chi connectivity index (χ1v) is 6.05. The summed E-state index contributed by atoms with van der Waals surface area (Å²) in [5.74, 6) is 0.889. The maximum Gasteiger partial charge on any atom is 0.152 e. The van der Waals surface area contributed by atoms with Crippen LogP contribution >= 0.6 is 0 Å². The Morgan fingerprint density at radius 3 is 3.06 bits per heavy atom. The minimum absolute atomic E-state index is 0.187. The molecule has 0 aliphatic heterocycles. The highest BCUT2D eigenvalue weighted by atomic mass is 16.5. The zero-order valence-corrected chi connectivity index (χ0v) is 9.80. The second-order valence-electron chi connectivity index (χ2n) is 4.29. The largest absolute Gasteiger partial charge is 0.369 e. The molecule has 2 N–H and O–H groups in total. The molecule has 1 aliphatic carbocycles. The van der Waals surface area contributed by atoms with Crippen molar-refractivity contribution in [1.82, 2.24) is 14.8 Å². The number of rotatable bonds is 4. The summed E-state index contributed by atoms with van der Waals surface area (Å²) < 4.78 is 7.69. The van der Waals surface area contributed by atoms with E-state index in [2.05, 4.69) is 10.1 Å². The Labute approximate surface area is 96.0 Å². The quantitative estimate of drug-likeness (QED) is 0.831. The van der Waals surface area contributed by atoms with Crippen LogP contribution in [0.25, 0.3) is 0 Å². The number of hydrogen-bond acceptors (Lipinski definition) is 4. The highest BCUT2D eigenvalue weighted by Gasteiger charge is 2.22. The normalized spacial score (nSPS) is 25.9. The molecule has 1 saturated carbocycles. The zero-order chi connectivity index (χ0) is 11.4. The molecule has 0 amide bonds. The summed E-state index contributed by atoms with van der Waals surface area (Å²) in [5, 5.41) is 4.11. The van der Waals surface area contributed by atoms with E-state index in [1.165, 1.54) is 12.8 Å². The molecular weight excluding hydrogens is 204 g/mol. The second kappa shape index (κ2) is 5.41. The van der Waals surface area contributed by atoms with Crippen LogP contribution in [0.15, 0.2) is 6.33 Å². The van der Waals surface area contributed by atoms with Gasteiger partial charge in [0.05, 0.1) is 6.10 Å². The van der Waals surface area contributed by atoms with Crippen LogP contribution in [0.4, 0.5) is 0 Å². The first kappa shape index (κ1) is 11.5. The molecule has 0 saturated heterocycles. The molecule has 5 heteroatoms. The number of aryl methyl sites for hydroxylation is 1. The average molecular weight is 224 g/mol. The lowest BCUT2D eigenvalue weighted by atomic mass is 9.93. The van der Waals surface area contributed by atoms with Gasteiger partial charge in [-0.2, -0.15) is 5.10 Å². The average Bonchev–Trinajstić information content (AvgIpc) is 2.75. The van der Waals surface area contributed by atoms with E-state index in [0.717, 1.165) is 25.2 Å². The highest BCUT2D eigenvalue weighted by molar-refractivity contribution is 4.84. The molecule has 1 aliphatic rings. The summed E-state index contributed by atoms with van der Waals surface area (Å²) in [4.78, 5) is 4.18. The summed E-state index contributed by atoms with van der Waals surface area (Å²) in [6.45, 7) is 3.39. The van der Waals surface area contributed by atoms with E-state index >= 15 is 0 Å². The van der Waals surface area contributed by atoms with Gasteiger partial charge in [-0.25, -0.2) is 9.67 Å². The minimum atomic E-state index is 0.187. The van der Waals surface area contributed by atoms with Gasteiger partial charge in [0, 0.05) is 12.6 Å². The molecule has 5 nitrogen and oxygen atoms in total. The van der Waals surface area contributed by atoms with Gasteiger partial charge < -0.3 is 10.5 Å². The predicted octanol–water partition coefficient (Wildman–Crippen LogP) is 1.08. The van der Waals surface area contributed by atoms with Crippen molar-refractivity contribution in [2.24, 2.45) is 5.73 Å². The smallest absolute Gasteiger partial charge is 0.152 e. The fraction of sp³-hybridized carbons (Fsp3) is 0.818. The fourth-order valence-corrected chi connectivity index (χ4v) is 2.18. The van der Waals surface area contributed by atoms with Gasteiger partial charge in [-0.05, 0) is 19.8 Å². The third-order valence-corrected chi connectivity index (χ3v) is 3.18. The molecule has 1 aromatic heterocycles. The van der Waals surface area contributed by atoms with Crippen LogP contribution in [-0.2, 0) is 17.9 Å². The second-order valence-corrected chi connectivity index (χ2v) is 4.29. The van der Waals surface area contributed by atoms with Crippen LogP contribution in [0, 0.1) is 0 Å². The molecule has 0 aromatic carbocycles. The van der Waals surface area contributed by atoms with Crippen molar-refractivity contribution >= 4 is 0 Å². The third-order valence-electron chi connectivity index (χ3n) is 3.18. The van der Waals surface area contributed by atoms with Gasteiger partial charge in [-0.1, -0.05) is 12.8 Å². The van der Waals surface area contributed by atoms with Crippen molar-refractivity contribution in [2.45, 2.75) is 57.9 Å². The predicted molar refractivity (Wildman–Crippen MR) is 60.7 cm³/mol. The Hall–Kier alpha value is -0.940. The third kappa shape index (κ3) is 2.59. The summed E-state index contributed by atoms with van der Waals surface area (Å²) >= 11 is 0. The summed E-state index contributed by atoms with van der Waals surface area (Å²) in [7, 11) is 0. The molecule has 0 spiro atoms. The van der Waals surface area contributed by atoms with Gasteiger partial charge in [-0.3, -0.25) is 0 Å². The van der Waals surface area contributed by atoms with Crippen molar-refractivity contribution in [1.29, 1.82) is 0 Å². The van der Waals surface area contributed by atoms with Gasteiger partial charge in [0.15, 0.2) is 5.82 Å². The lowest BCUT2D eigenvalue weighted by molar-refractivity contribution is -0.000503. The fourth-order valence-electron chi connectivity index (χ4n) is 2.18. The van der Waals surface area contributed by atoms with Gasteiger partial charge >= 0.3 is 0 Å². The van der Waals surface area contributed by atoms with E-state index in [-0.39, 0.29) is 12.1 Å². The lowest BCUT2D eigenvalue weighted by Crippen LogP contribution is -2.39. The van der Waals surface area contributed by atoms with E-state index in [1.54, 1.807) is 6.33 Å². The van der Waals surface area contributed by atoms with Crippen molar-refractivity contribution in [3.05, 3.63) is 12.2 Å². The van der Waals surface area contributed by atoms with Crippen LogP contribution < -0.4 is 5.73 Å². The van der Waals surface area contributed by atoms with Crippen LogP contribution in [0.2, 0.25) is 0 Å². The Balaban J connectivity index is 1.86. The summed E-state index contributed by atoms with van der Waals surface area (Å²) in [5.41, 5.74) is 6.02. The molecule has 1 aromatic rings. The lowest BCUT2D eigenvalue weighted by Gasteiger charge is -2.28. The van der Waals surface area contributed by atoms with Crippen molar-refractivity contribution in [3.8, 4) is 0 Å². The molecule has 0 radical (unpaired) electrons. The maximum absolute atomic E-state index is 6.02. The minimum Gasteiger partial charge on any atom is -0.369 e. The van der Waals surface area contributed by atoms with Crippen LogP contribution in [0.1, 0.15) is 38.4 Å². The van der Waals surface area contributed by atoms with E-state index < -0.39 is 0 Å². The number of nitrogens with zero attached hydrogens (tertiary/aromatic N) is 3. The summed E-state index contributed by atoms with van der Waals surface area (Å²) in [6, 6.07) is 0.187. The Morgan fingerprint density at radius 1 is 1.50 bits per heavy atom. The highest BCUT2D eigenvalue weighted by Crippen LogP contribution is 2.20.